The van der Waals surface area contributed by atoms with E-state index in [9.17, 15) is 43.2 Å². The van der Waals surface area contributed by atoms with E-state index >= 15 is 0 Å². The highest BCUT2D eigenvalue weighted by atomic mass is 16.6. The average Bonchev–Trinajstić information content (AvgIpc) is 3.87. The summed E-state index contributed by atoms with van der Waals surface area (Å²) in [5.74, 6) is -3.34. The standard InChI is InChI=1S/C53H67N9O10/c1-53(2,3)72-51(70)56-38-32-60(45(65)20-14-6-5-9-15-33-21-24-39-42(31-33)59(4)52(71)62(39)41-26-28-44(64)57-49(41)68)30-29-36-22-25-40(61(36)50(38)69)48(67)55-37(23-27-43(54)63)47(66)58-46(34-16-10-7-11-17-34)35-18-12-8-13-19-35/h7-8,10-13,16-19,21,24,31,36-38,40-41,46H,5-6,9,14-15,20,22-23,25-30,32H2,1-4H3,(H2,54,63)(H,55,67)(H,56,70)(H,58,66)(H,57,64,68)/t36-,37+,38+,40+,41?/m1/s1. The molecule has 0 radical (unpaired) electrons. The van der Waals surface area contributed by atoms with Gasteiger partial charge in [0.25, 0.3) is 0 Å². The molecule has 4 heterocycles. The van der Waals surface area contributed by atoms with Crippen molar-refractivity contribution in [3.63, 3.8) is 0 Å². The highest BCUT2D eigenvalue weighted by molar-refractivity contribution is 6.00. The highest BCUT2D eigenvalue weighted by Gasteiger charge is 2.46. The van der Waals surface area contributed by atoms with Gasteiger partial charge in [-0.1, -0.05) is 79.6 Å². The molecule has 3 saturated heterocycles. The second kappa shape index (κ2) is 23.3. The first kappa shape index (κ1) is 52.5. The average molecular weight is 990 g/mol. The monoisotopic (exact) mass is 990 g/mol. The van der Waals surface area contributed by atoms with Crippen molar-refractivity contribution >= 4 is 58.5 Å². The Kier molecular flexibility index (Phi) is 17.0. The van der Waals surface area contributed by atoms with Crippen LogP contribution in [0.1, 0.15) is 127 Å². The molecule has 3 aromatic carbocycles. The second-order valence-electron chi connectivity index (χ2n) is 20.1. The first-order valence-corrected chi connectivity index (χ1v) is 25.0. The Hall–Kier alpha value is -7.31. The van der Waals surface area contributed by atoms with Crippen LogP contribution >= 0.6 is 0 Å². The van der Waals surface area contributed by atoms with Gasteiger partial charge in [-0.3, -0.25) is 48.0 Å². The molecule has 19 nitrogen and oxygen atoms in total. The number of fused-ring (bicyclic) bond motifs is 2. The number of primary amides is 1. The Morgan fingerprint density at radius 3 is 2.14 bits per heavy atom. The fraction of sp³-hybridized carbons (Fsp3) is 0.491. The number of nitrogens with one attached hydrogen (secondary N) is 4. The van der Waals surface area contributed by atoms with Crippen molar-refractivity contribution in [3.05, 3.63) is 106 Å². The number of ether oxygens (including phenoxy) is 1. The molecule has 5 atom stereocenters. The number of hydrogen-bond acceptors (Lipinski definition) is 10. The lowest BCUT2D eigenvalue weighted by Crippen LogP contribution is -2.62. The number of imidazole rings is 1. The van der Waals surface area contributed by atoms with Crippen molar-refractivity contribution in [1.29, 1.82) is 0 Å². The summed E-state index contributed by atoms with van der Waals surface area (Å²) in [6.07, 6.45) is 4.33. The number of alkyl carbamates (subject to hydrolysis) is 1. The minimum absolute atomic E-state index is 0.0859. The molecule has 0 bridgehead atoms. The molecule has 19 heteroatoms. The number of rotatable bonds is 18. The van der Waals surface area contributed by atoms with Crippen LogP contribution in [0.5, 0.6) is 0 Å². The molecule has 1 aromatic heterocycles. The fourth-order valence-corrected chi connectivity index (χ4v) is 10.0. The molecule has 1 unspecified atom stereocenters. The Morgan fingerprint density at radius 2 is 1.49 bits per heavy atom. The van der Waals surface area contributed by atoms with Crippen molar-refractivity contribution in [1.82, 2.24) is 40.2 Å². The van der Waals surface area contributed by atoms with E-state index in [1.165, 1.54) is 14.0 Å². The summed E-state index contributed by atoms with van der Waals surface area (Å²) in [7, 11) is 1.66. The van der Waals surface area contributed by atoms with Gasteiger partial charge in [-0.2, -0.15) is 0 Å². The molecular weight excluding hydrogens is 923 g/mol. The van der Waals surface area contributed by atoms with Crippen LogP contribution in [-0.4, -0.2) is 109 Å². The van der Waals surface area contributed by atoms with E-state index in [1.54, 1.807) is 32.7 Å². The van der Waals surface area contributed by atoms with Gasteiger partial charge in [-0.05, 0) is 101 Å². The van der Waals surface area contributed by atoms with Crippen LogP contribution in [0, 0.1) is 0 Å². The molecule has 6 N–H and O–H groups in total. The van der Waals surface area contributed by atoms with Crippen LogP contribution < -0.4 is 32.7 Å². The number of nitrogens with zero attached hydrogens (tertiary/aromatic N) is 4. The van der Waals surface area contributed by atoms with Crippen LogP contribution in [0.15, 0.2) is 83.7 Å². The van der Waals surface area contributed by atoms with Gasteiger partial charge in [0, 0.05) is 38.9 Å². The summed E-state index contributed by atoms with van der Waals surface area (Å²) in [4.78, 5) is 123. The molecule has 8 amide bonds. The number of nitrogens with two attached hydrogens (primary N) is 1. The zero-order chi connectivity index (χ0) is 51.7. The van der Waals surface area contributed by atoms with Gasteiger partial charge in [0.1, 0.15) is 29.8 Å². The molecule has 4 aromatic rings. The lowest BCUT2D eigenvalue weighted by Gasteiger charge is -2.39. The van der Waals surface area contributed by atoms with Crippen LogP contribution in [0.4, 0.5) is 4.79 Å². The summed E-state index contributed by atoms with van der Waals surface area (Å²) in [6.45, 7) is 5.20. The first-order chi connectivity index (χ1) is 34.4. The number of piperidine rings is 1. The van der Waals surface area contributed by atoms with Gasteiger partial charge in [0.2, 0.25) is 41.4 Å². The predicted octanol–water partition coefficient (Wildman–Crippen LogP) is 3.95. The maximum absolute atomic E-state index is 14.7. The van der Waals surface area contributed by atoms with Gasteiger partial charge in [0.15, 0.2) is 0 Å². The minimum Gasteiger partial charge on any atom is -0.444 e. The van der Waals surface area contributed by atoms with E-state index in [0.29, 0.717) is 30.3 Å². The van der Waals surface area contributed by atoms with Gasteiger partial charge in [-0.25, -0.2) is 9.59 Å². The van der Waals surface area contributed by atoms with Crippen molar-refractivity contribution < 1.29 is 43.1 Å². The highest BCUT2D eigenvalue weighted by Crippen LogP contribution is 2.31. The summed E-state index contributed by atoms with van der Waals surface area (Å²) < 4.78 is 8.51. The minimum atomic E-state index is -1.25. The summed E-state index contributed by atoms with van der Waals surface area (Å²) in [5, 5.41) is 10.9. The van der Waals surface area contributed by atoms with Crippen LogP contribution in [0.2, 0.25) is 0 Å². The zero-order valence-corrected chi connectivity index (χ0v) is 41.5. The lowest BCUT2D eigenvalue weighted by atomic mass is 9.98. The third-order valence-electron chi connectivity index (χ3n) is 13.7. The van der Waals surface area contributed by atoms with E-state index < -0.39 is 77.5 Å². The van der Waals surface area contributed by atoms with E-state index in [-0.39, 0.29) is 69.1 Å². The number of aryl methyl sites for hydroxylation is 2. The smallest absolute Gasteiger partial charge is 0.408 e. The van der Waals surface area contributed by atoms with E-state index in [0.717, 1.165) is 42.4 Å². The summed E-state index contributed by atoms with van der Waals surface area (Å²) >= 11 is 0. The number of carbonyl (C=O) groups is 8. The number of imide groups is 1. The third-order valence-corrected chi connectivity index (χ3v) is 13.7. The Balaban J connectivity index is 0.975. The molecule has 3 aliphatic heterocycles. The molecule has 72 heavy (non-hydrogen) atoms. The molecule has 3 aliphatic rings. The number of amides is 8. The Labute approximate surface area is 418 Å². The molecule has 0 saturated carbocycles. The van der Waals surface area contributed by atoms with Crippen LogP contribution in [0.25, 0.3) is 11.0 Å². The van der Waals surface area contributed by atoms with Crippen molar-refractivity contribution in [2.24, 2.45) is 12.8 Å². The SMILES string of the molecule is Cn1c(=O)n(C2CCC(=O)NC2=O)c2ccc(CCCCCCC(=O)N3CC[C@H]4CC[C@@H](C(=O)N[C@@H](CCC(N)=O)C(=O)NC(c5ccccc5)c5ccccc5)N4C(=O)[C@@H](NC(=O)OC(C)(C)C)C3)cc21. The normalized spacial score (nSPS) is 19.8. The number of benzene rings is 3. The van der Waals surface area contributed by atoms with Crippen molar-refractivity contribution in [2.75, 3.05) is 13.1 Å². The summed E-state index contributed by atoms with van der Waals surface area (Å²) in [5.41, 5.74) is 8.25. The third kappa shape index (κ3) is 13.0. The van der Waals surface area contributed by atoms with Gasteiger partial charge >= 0.3 is 11.8 Å². The number of unbranched alkanes of at least 4 members (excludes halogenated alkanes) is 3. The molecular formula is C53H67N9O10. The van der Waals surface area contributed by atoms with Gasteiger partial charge in [0.05, 0.1) is 23.6 Å². The van der Waals surface area contributed by atoms with E-state index in [2.05, 4.69) is 21.3 Å². The maximum Gasteiger partial charge on any atom is 0.408 e. The molecule has 384 valence electrons. The second-order valence-corrected chi connectivity index (χ2v) is 20.1. The molecule has 0 aliphatic carbocycles. The molecule has 3 fully saturated rings. The number of carbonyl (C=O) groups excluding carboxylic acids is 8. The van der Waals surface area contributed by atoms with Gasteiger partial charge in [-0.15, -0.1) is 0 Å². The van der Waals surface area contributed by atoms with E-state index in [1.807, 2.05) is 78.9 Å². The van der Waals surface area contributed by atoms with Crippen LogP contribution in [-0.2, 0) is 51.8 Å². The largest absolute Gasteiger partial charge is 0.444 e. The molecule has 0 spiro atoms. The van der Waals surface area contributed by atoms with Gasteiger partial charge < -0.3 is 36.2 Å². The molecule has 7 rings (SSSR count). The quantitative estimate of drug-likeness (QED) is 0.0709. The van der Waals surface area contributed by atoms with Crippen molar-refractivity contribution in [3.8, 4) is 0 Å². The topological polar surface area (TPSA) is 253 Å². The number of aromatic nitrogens is 2. The zero-order valence-electron chi connectivity index (χ0n) is 41.5. The Morgan fingerprint density at radius 1 is 0.806 bits per heavy atom. The number of hydrogen-bond donors (Lipinski definition) is 5. The van der Waals surface area contributed by atoms with Crippen molar-refractivity contribution in [2.45, 2.75) is 146 Å². The fourth-order valence-electron chi connectivity index (χ4n) is 10.0. The predicted molar refractivity (Wildman–Crippen MR) is 267 cm³/mol. The van der Waals surface area contributed by atoms with E-state index in [4.69, 9.17) is 10.5 Å². The maximum atomic E-state index is 14.7. The summed E-state index contributed by atoms with van der Waals surface area (Å²) in [6, 6.07) is 19.2. The lowest BCUT2D eigenvalue weighted by molar-refractivity contribution is -0.146. The van der Waals surface area contributed by atoms with Crippen LogP contribution in [0.3, 0.4) is 0 Å². The first-order valence-electron chi connectivity index (χ1n) is 25.0. The Bertz CT molecular complexity index is 2670.